The van der Waals surface area contributed by atoms with Gasteiger partial charge in [0.15, 0.2) is 6.61 Å². The lowest BCUT2D eigenvalue weighted by Gasteiger charge is -2.34. The zero-order valence-electron chi connectivity index (χ0n) is 17.5. The zero-order valence-corrected chi connectivity index (χ0v) is 17.5. The molecule has 0 aromatic heterocycles. The van der Waals surface area contributed by atoms with Gasteiger partial charge in [-0.05, 0) is 30.9 Å². The van der Waals surface area contributed by atoms with Crippen molar-refractivity contribution < 1.29 is 19.2 Å². The Morgan fingerprint density at radius 1 is 1.16 bits per heavy atom. The Morgan fingerprint density at radius 3 is 2.52 bits per heavy atom. The van der Waals surface area contributed by atoms with Crippen molar-refractivity contribution in [2.75, 3.05) is 19.7 Å². The first-order valence-electron chi connectivity index (χ1n) is 10.5. The number of hydrogen-bond acceptors (Lipinski definition) is 5. The Bertz CT molecular complexity index is 910. The molecular weight excluding hydrogens is 398 g/mol. The fourth-order valence-corrected chi connectivity index (χ4v) is 3.81. The lowest BCUT2D eigenvalue weighted by atomic mass is 9.93. The summed E-state index contributed by atoms with van der Waals surface area (Å²) in [4.78, 5) is 37.4. The summed E-state index contributed by atoms with van der Waals surface area (Å²) in [7, 11) is 0. The van der Waals surface area contributed by atoms with Gasteiger partial charge in [-0.15, -0.1) is 0 Å². The SMILES string of the molecule is CCC(C(=O)N1CCC(NC(=O)COc2cccc([N+](=O)[O-])c2)CC1)c1ccccc1. The van der Waals surface area contributed by atoms with Crippen molar-refractivity contribution in [1.82, 2.24) is 10.2 Å². The molecule has 1 aliphatic heterocycles. The van der Waals surface area contributed by atoms with E-state index in [0.29, 0.717) is 25.9 Å². The second-order valence-corrected chi connectivity index (χ2v) is 7.58. The number of hydrogen-bond donors (Lipinski definition) is 1. The Hall–Kier alpha value is -3.42. The molecule has 164 valence electrons. The molecule has 31 heavy (non-hydrogen) atoms. The highest BCUT2D eigenvalue weighted by Gasteiger charge is 2.28. The van der Waals surface area contributed by atoms with Gasteiger partial charge in [0.1, 0.15) is 5.75 Å². The molecule has 8 nitrogen and oxygen atoms in total. The Labute approximate surface area is 181 Å². The lowest BCUT2D eigenvalue weighted by Crippen LogP contribution is -2.48. The van der Waals surface area contributed by atoms with Crippen LogP contribution in [-0.2, 0) is 9.59 Å². The average molecular weight is 425 g/mol. The molecule has 2 aromatic rings. The molecule has 1 N–H and O–H groups in total. The van der Waals surface area contributed by atoms with Crippen LogP contribution in [0.15, 0.2) is 54.6 Å². The first kappa shape index (κ1) is 22.3. The van der Waals surface area contributed by atoms with E-state index in [1.54, 1.807) is 6.07 Å². The first-order valence-corrected chi connectivity index (χ1v) is 10.5. The van der Waals surface area contributed by atoms with Gasteiger partial charge in [-0.1, -0.05) is 43.3 Å². The Balaban J connectivity index is 1.45. The highest BCUT2D eigenvalue weighted by Crippen LogP contribution is 2.24. The van der Waals surface area contributed by atoms with Crippen LogP contribution in [0.25, 0.3) is 0 Å². The van der Waals surface area contributed by atoms with Crippen molar-refractivity contribution in [2.45, 2.75) is 38.1 Å². The van der Waals surface area contributed by atoms with Crippen LogP contribution in [0, 0.1) is 10.1 Å². The van der Waals surface area contributed by atoms with Crippen LogP contribution >= 0.6 is 0 Å². The summed E-state index contributed by atoms with van der Waals surface area (Å²) in [5.41, 5.74) is 0.944. The molecule has 0 saturated carbocycles. The summed E-state index contributed by atoms with van der Waals surface area (Å²) in [5.74, 6) is -0.0218. The highest BCUT2D eigenvalue weighted by molar-refractivity contribution is 5.84. The third kappa shape index (κ3) is 6.04. The van der Waals surface area contributed by atoms with Crippen LogP contribution in [0.1, 0.15) is 37.7 Å². The van der Waals surface area contributed by atoms with E-state index in [1.165, 1.54) is 18.2 Å². The molecule has 1 heterocycles. The van der Waals surface area contributed by atoms with E-state index in [2.05, 4.69) is 5.32 Å². The number of rotatable bonds is 8. The summed E-state index contributed by atoms with van der Waals surface area (Å²) in [6.45, 7) is 2.99. The minimum absolute atomic E-state index is 0.0259. The molecule has 1 atom stereocenters. The number of nitro benzene ring substituents is 1. The molecule has 0 bridgehead atoms. The zero-order chi connectivity index (χ0) is 22.2. The van der Waals surface area contributed by atoms with Crippen molar-refractivity contribution in [3.63, 3.8) is 0 Å². The van der Waals surface area contributed by atoms with Gasteiger partial charge in [-0.3, -0.25) is 19.7 Å². The third-order valence-electron chi connectivity index (χ3n) is 5.48. The van der Waals surface area contributed by atoms with Crippen molar-refractivity contribution >= 4 is 17.5 Å². The number of piperidine rings is 1. The molecule has 1 fully saturated rings. The van der Waals surface area contributed by atoms with E-state index in [4.69, 9.17) is 4.74 Å². The molecule has 1 aliphatic rings. The molecule has 3 rings (SSSR count). The predicted molar refractivity (Wildman–Crippen MR) is 116 cm³/mol. The van der Waals surface area contributed by atoms with Crippen molar-refractivity contribution in [2.24, 2.45) is 0 Å². The van der Waals surface area contributed by atoms with Gasteiger partial charge in [0.2, 0.25) is 5.91 Å². The minimum atomic E-state index is -0.511. The number of carbonyl (C=O) groups excluding carboxylic acids is 2. The Kier molecular flexibility index (Phi) is 7.59. The van der Waals surface area contributed by atoms with Crippen LogP contribution in [0.2, 0.25) is 0 Å². The average Bonchev–Trinajstić information content (AvgIpc) is 2.79. The van der Waals surface area contributed by atoms with Crippen LogP contribution < -0.4 is 10.1 Å². The molecule has 8 heteroatoms. The van der Waals surface area contributed by atoms with Crippen LogP contribution in [0.3, 0.4) is 0 Å². The standard InChI is InChI=1S/C23H27N3O5/c1-2-21(17-7-4-3-5-8-17)23(28)25-13-11-18(12-14-25)24-22(27)16-31-20-10-6-9-19(15-20)26(29)30/h3-10,15,18,21H,2,11-14,16H2,1H3,(H,24,27). The molecule has 2 amide bonds. The van der Waals surface area contributed by atoms with Gasteiger partial charge in [0.25, 0.3) is 11.6 Å². The van der Waals surface area contributed by atoms with Gasteiger partial charge in [-0.2, -0.15) is 0 Å². The first-order chi connectivity index (χ1) is 15.0. The van der Waals surface area contributed by atoms with E-state index in [0.717, 1.165) is 12.0 Å². The van der Waals surface area contributed by atoms with Crippen LogP contribution in [0.4, 0.5) is 5.69 Å². The number of ether oxygens (including phenoxy) is 1. The van der Waals surface area contributed by atoms with Gasteiger partial charge < -0.3 is 15.0 Å². The number of non-ortho nitro benzene ring substituents is 1. The maximum Gasteiger partial charge on any atom is 0.273 e. The maximum absolute atomic E-state index is 13.0. The number of nitro groups is 1. The van der Waals surface area contributed by atoms with E-state index in [1.807, 2.05) is 42.2 Å². The van der Waals surface area contributed by atoms with E-state index < -0.39 is 4.92 Å². The quantitative estimate of drug-likeness (QED) is 0.517. The number of likely N-dealkylation sites (tertiary alicyclic amines) is 1. The Morgan fingerprint density at radius 2 is 1.87 bits per heavy atom. The molecule has 0 aliphatic carbocycles. The molecule has 1 unspecified atom stereocenters. The number of nitrogens with zero attached hydrogens (tertiary/aromatic N) is 2. The molecule has 1 saturated heterocycles. The van der Waals surface area contributed by atoms with Crippen LogP contribution in [0.5, 0.6) is 5.75 Å². The fourth-order valence-electron chi connectivity index (χ4n) is 3.81. The van der Waals surface area contributed by atoms with Gasteiger partial charge in [0.05, 0.1) is 16.9 Å². The largest absolute Gasteiger partial charge is 0.484 e. The van der Waals surface area contributed by atoms with E-state index in [-0.39, 0.29) is 41.8 Å². The summed E-state index contributed by atoms with van der Waals surface area (Å²) < 4.78 is 5.37. The summed E-state index contributed by atoms with van der Waals surface area (Å²) in [6.07, 6.45) is 2.10. The highest BCUT2D eigenvalue weighted by atomic mass is 16.6. The second kappa shape index (κ2) is 10.6. The van der Waals surface area contributed by atoms with Crippen molar-refractivity contribution in [1.29, 1.82) is 0 Å². The monoisotopic (exact) mass is 425 g/mol. The van der Waals surface area contributed by atoms with Gasteiger partial charge >= 0.3 is 0 Å². The number of benzene rings is 2. The molecule has 0 spiro atoms. The topological polar surface area (TPSA) is 102 Å². The van der Waals surface area contributed by atoms with Crippen molar-refractivity contribution in [3.05, 3.63) is 70.3 Å². The summed E-state index contributed by atoms with van der Waals surface area (Å²) in [6, 6.07) is 15.5. The molecule has 2 aromatic carbocycles. The number of carbonyl (C=O) groups is 2. The number of amides is 2. The normalized spacial score (nSPS) is 15.2. The van der Waals surface area contributed by atoms with Gasteiger partial charge in [-0.25, -0.2) is 0 Å². The van der Waals surface area contributed by atoms with Crippen LogP contribution in [-0.4, -0.2) is 47.4 Å². The fraction of sp³-hybridized carbons (Fsp3) is 0.391. The number of nitrogens with one attached hydrogen (secondary N) is 1. The maximum atomic E-state index is 13.0. The summed E-state index contributed by atoms with van der Waals surface area (Å²) in [5, 5.41) is 13.7. The molecule has 0 radical (unpaired) electrons. The summed E-state index contributed by atoms with van der Waals surface area (Å²) >= 11 is 0. The third-order valence-corrected chi connectivity index (χ3v) is 5.48. The predicted octanol–water partition coefficient (Wildman–Crippen LogP) is 3.27. The van der Waals surface area contributed by atoms with Gasteiger partial charge in [0, 0.05) is 25.2 Å². The van der Waals surface area contributed by atoms with E-state index in [9.17, 15) is 19.7 Å². The smallest absolute Gasteiger partial charge is 0.273 e. The van der Waals surface area contributed by atoms with E-state index >= 15 is 0 Å². The minimum Gasteiger partial charge on any atom is -0.484 e. The lowest BCUT2D eigenvalue weighted by molar-refractivity contribution is -0.384. The van der Waals surface area contributed by atoms with Crippen molar-refractivity contribution in [3.8, 4) is 5.75 Å². The molecular formula is C23H27N3O5. The second-order valence-electron chi connectivity index (χ2n) is 7.58.